The Bertz CT molecular complexity index is 371. The molecule has 0 saturated heterocycles. The molecule has 1 aromatic carbocycles. The minimum Gasteiger partial charge on any atom is -0.467 e. The highest BCUT2D eigenvalue weighted by atomic mass is 79.9. The Hall–Kier alpha value is -0.870. The van der Waals surface area contributed by atoms with Crippen LogP contribution >= 0.6 is 15.9 Å². The van der Waals surface area contributed by atoms with Crippen molar-refractivity contribution in [2.45, 2.75) is 31.4 Å². The molecule has 0 bridgehead atoms. The van der Waals surface area contributed by atoms with E-state index >= 15 is 0 Å². The lowest BCUT2D eigenvalue weighted by atomic mass is 10.1. The quantitative estimate of drug-likeness (QED) is 0.619. The van der Waals surface area contributed by atoms with Crippen LogP contribution in [-0.2, 0) is 26.2 Å². The zero-order valence-electron chi connectivity index (χ0n) is 10.3. The molecule has 94 valence electrons. The number of benzene rings is 1. The van der Waals surface area contributed by atoms with Gasteiger partial charge in [0.05, 0.1) is 13.7 Å². The lowest BCUT2D eigenvalue weighted by Gasteiger charge is -2.22. The molecule has 0 heterocycles. The Morgan fingerprint density at radius 2 is 1.76 bits per heavy atom. The van der Waals surface area contributed by atoms with Crippen molar-refractivity contribution in [3.05, 3.63) is 35.4 Å². The maximum absolute atomic E-state index is 11.4. The van der Waals surface area contributed by atoms with Gasteiger partial charge in [-0.05, 0) is 25.0 Å². The SMILES string of the molecule is COC(=O)C(C)(C)OCc1ccc(CBr)cc1. The summed E-state index contributed by atoms with van der Waals surface area (Å²) >= 11 is 3.39. The second kappa shape index (κ2) is 6.17. The highest BCUT2D eigenvalue weighted by Gasteiger charge is 2.29. The summed E-state index contributed by atoms with van der Waals surface area (Å²) in [5.74, 6) is -0.366. The Morgan fingerprint density at radius 3 is 2.24 bits per heavy atom. The largest absolute Gasteiger partial charge is 0.467 e. The molecule has 17 heavy (non-hydrogen) atoms. The van der Waals surface area contributed by atoms with Crippen molar-refractivity contribution in [3.63, 3.8) is 0 Å². The molecule has 0 amide bonds. The van der Waals surface area contributed by atoms with E-state index in [1.807, 2.05) is 24.3 Å². The summed E-state index contributed by atoms with van der Waals surface area (Å²) in [5.41, 5.74) is 1.33. The van der Waals surface area contributed by atoms with Crippen LogP contribution in [0.4, 0.5) is 0 Å². The van der Waals surface area contributed by atoms with Crippen LogP contribution in [-0.4, -0.2) is 18.7 Å². The van der Waals surface area contributed by atoms with Gasteiger partial charge in [-0.2, -0.15) is 0 Å². The predicted octanol–water partition coefficient (Wildman–Crippen LogP) is 3.05. The van der Waals surface area contributed by atoms with E-state index in [9.17, 15) is 4.79 Å². The average Bonchev–Trinajstić information content (AvgIpc) is 2.36. The molecule has 0 N–H and O–H groups in total. The molecule has 1 rings (SSSR count). The van der Waals surface area contributed by atoms with E-state index in [0.717, 1.165) is 10.9 Å². The maximum Gasteiger partial charge on any atom is 0.337 e. The van der Waals surface area contributed by atoms with Gasteiger partial charge < -0.3 is 9.47 Å². The van der Waals surface area contributed by atoms with Crippen LogP contribution in [0.1, 0.15) is 25.0 Å². The number of hydrogen-bond acceptors (Lipinski definition) is 3. The molecule has 4 heteroatoms. The number of halogens is 1. The summed E-state index contributed by atoms with van der Waals surface area (Å²) in [6.07, 6.45) is 0. The number of alkyl halides is 1. The van der Waals surface area contributed by atoms with Crippen molar-refractivity contribution in [2.75, 3.05) is 7.11 Å². The van der Waals surface area contributed by atoms with Crippen molar-refractivity contribution in [3.8, 4) is 0 Å². The normalized spacial score (nSPS) is 11.3. The van der Waals surface area contributed by atoms with E-state index in [1.54, 1.807) is 13.8 Å². The first-order valence-corrected chi connectivity index (χ1v) is 6.48. The molecule has 3 nitrogen and oxygen atoms in total. The van der Waals surface area contributed by atoms with Gasteiger partial charge >= 0.3 is 5.97 Å². The Morgan fingerprint density at radius 1 is 1.24 bits per heavy atom. The van der Waals surface area contributed by atoms with E-state index in [4.69, 9.17) is 4.74 Å². The molecule has 0 aliphatic carbocycles. The fourth-order valence-corrected chi connectivity index (χ4v) is 1.67. The molecule has 0 aromatic heterocycles. The second-order valence-corrected chi connectivity index (χ2v) is 4.80. The number of esters is 1. The first-order valence-electron chi connectivity index (χ1n) is 5.36. The van der Waals surface area contributed by atoms with Crippen molar-refractivity contribution >= 4 is 21.9 Å². The fraction of sp³-hybridized carbons (Fsp3) is 0.462. The Kier molecular flexibility index (Phi) is 5.15. The summed E-state index contributed by atoms with van der Waals surface area (Å²) in [6.45, 7) is 3.79. The summed E-state index contributed by atoms with van der Waals surface area (Å²) in [7, 11) is 1.36. The van der Waals surface area contributed by atoms with Crippen molar-refractivity contribution < 1.29 is 14.3 Å². The van der Waals surface area contributed by atoms with Crippen molar-refractivity contribution in [1.82, 2.24) is 0 Å². The molecule has 0 unspecified atom stereocenters. The van der Waals surface area contributed by atoms with Crippen LogP contribution in [0.5, 0.6) is 0 Å². The minimum absolute atomic E-state index is 0.366. The zero-order valence-corrected chi connectivity index (χ0v) is 11.9. The average molecular weight is 301 g/mol. The molecular formula is C13H17BrO3. The third kappa shape index (κ3) is 4.13. The lowest BCUT2D eigenvalue weighted by Crippen LogP contribution is -2.35. The van der Waals surface area contributed by atoms with Gasteiger partial charge in [0.15, 0.2) is 5.60 Å². The van der Waals surface area contributed by atoms with E-state index in [0.29, 0.717) is 6.61 Å². The van der Waals surface area contributed by atoms with Crippen LogP contribution in [0.3, 0.4) is 0 Å². The molecule has 0 fully saturated rings. The third-order valence-corrected chi connectivity index (χ3v) is 3.10. The number of methoxy groups -OCH3 is 1. The first-order chi connectivity index (χ1) is 7.99. The number of hydrogen-bond donors (Lipinski definition) is 0. The van der Waals surface area contributed by atoms with Gasteiger partial charge in [-0.25, -0.2) is 4.79 Å². The highest BCUT2D eigenvalue weighted by Crippen LogP contribution is 2.15. The standard InChI is InChI=1S/C13H17BrO3/c1-13(2,12(15)16-3)17-9-11-6-4-10(8-14)5-7-11/h4-7H,8-9H2,1-3H3. The van der Waals surface area contributed by atoms with E-state index in [1.165, 1.54) is 12.7 Å². The van der Waals surface area contributed by atoms with Gasteiger partial charge in [-0.15, -0.1) is 0 Å². The van der Waals surface area contributed by atoms with Gasteiger partial charge in [0.25, 0.3) is 0 Å². The Balaban J connectivity index is 2.57. The highest BCUT2D eigenvalue weighted by molar-refractivity contribution is 9.08. The van der Waals surface area contributed by atoms with Crippen LogP contribution in [0.25, 0.3) is 0 Å². The van der Waals surface area contributed by atoms with Crippen LogP contribution < -0.4 is 0 Å². The Labute approximate surface area is 110 Å². The van der Waals surface area contributed by atoms with E-state index in [2.05, 4.69) is 20.7 Å². The minimum atomic E-state index is -0.914. The van der Waals surface area contributed by atoms with Crippen molar-refractivity contribution in [1.29, 1.82) is 0 Å². The summed E-state index contributed by atoms with van der Waals surface area (Å²) in [6, 6.07) is 8.03. The molecule has 0 aliphatic heterocycles. The van der Waals surface area contributed by atoms with Crippen LogP contribution in [0.2, 0.25) is 0 Å². The lowest BCUT2D eigenvalue weighted by molar-refractivity contribution is -0.166. The second-order valence-electron chi connectivity index (χ2n) is 4.24. The fourth-order valence-electron chi connectivity index (χ4n) is 1.29. The molecular weight excluding hydrogens is 284 g/mol. The third-order valence-electron chi connectivity index (χ3n) is 2.45. The summed E-state index contributed by atoms with van der Waals surface area (Å²) < 4.78 is 10.2. The summed E-state index contributed by atoms with van der Waals surface area (Å²) in [5, 5.41) is 0.835. The predicted molar refractivity (Wildman–Crippen MR) is 70.0 cm³/mol. The van der Waals surface area contributed by atoms with E-state index < -0.39 is 5.60 Å². The zero-order chi connectivity index (χ0) is 12.9. The molecule has 0 saturated carbocycles. The topological polar surface area (TPSA) is 35.5 Å². The van der Waals surface area contributed by atoms with Crippen LogP contribution in [0.15, 0.2) is 24.3 Å². The monoisotopic (exact) mass is 300 g/mol. The molecule has 1 aromatic rings. The number of carbonyl (C=O) groups excluding carboxylic acids is 1. The van der Waals surface area contributed by atoms with Gasteiger partial charge in [0.1, 0.15) is 0 Å². The molecule has 0 radical (unpaired) electrons. The first kappa shape index (κ1) is 14.2. The van der Waals surface area contributed by atoms with E-state index in [-0.39, 0.29) is 5.97 Å². The van der Waals surface area contributed by atoms with Crippen LogP contribution in [0, 0.1) is 0 Å². The smallest absolute Gasteiger partial charge is 0.337 e. The molecule has 0 aliphatic rings. The number of ether oxygens (including phenoxy) is 2. The molecule has 0 spiro atoms. The maximum atomic E-state index is 11.4. The number of carbonyl (C=O) groups is 1. The van der Waals surface area contributed by atoms with Gasteiger partial charge in [0.2, 0.25) is 0 Å². The summed E-state index contributed by atoms with van der Waals surface area (Å²) in [4.78, 5) is 11.4. The van der Waals surface area contributed by atoms with Gasteiger partial charge in [-0.1, -0.05) is 40.2 Å². The van der Waals surface area contributed by atoms with Gasteiger partial charge in [-0.3, -0.25) is 0 Å². The number of rotatable bonds is 5. The van der Waals surface area contributed by atoms with Crippen molar-refractivity contribution in [2.24, 2.45) is 0 Å². The molecule has 0 atom stereocenters. The van der Waals surface area contributed by atoms with Gasteiger partial charge in [0, 0.05) is 5.33 Å².